The lowest BCUT2D eigenvalue weighted by atomic mass is 9.99. The Bertz CT molecular complexity index is 235. The van der Waals surface area contributed by atoms with Crippen LogP contribution in [0.15, 0.2) is 0 Å². The van der Waals surface area contributed by atoms with Gasteiger partial charge >= 0.3 is 0 Å². The molecule has 0 saturated carbocycles. The van der Waals surface area contributed by atoms with Gasteiger partial charge in [-0.2, -0.15) is 0 Å². The molecule has 94 valence electrons. The molecule has 1 saturated heterocycles. The highest BCUT2D eigenvalue weighted by Crippen LogP contribution is 2.15. The number of hydrogen-bond acceptors (Lipinski definition) is 3. The number of ether oxygens (including phenoxy) is 1. The molecule has 0 aromatic rings. The fraction of sp³-hybridized carbons (Fsp3) is 0.917. The van der Waals surface area contributed by atoms with Crippen molar-refractivity contribution in [1.29, 1.82) is 0 Å². The maximum absolute atomic E-state index is 11.8. The third-order valence-corrected chi connectivity index (χ3v) is 3.33. The van der Waals surface area contributed by atoms with Gasteiger partial charge in [0.1, 0.15) is 0 Å². The fourth-order valence-corrected chi connectivity index (χ4v) is 1.99. The third kappa shape index (κ3) is 4.10. The van der Waals surface area contributed by atoms with Crippen LogP contribution in [-0.2, 0) is 9.53 Å². The minimum atomic E-state index is -0.377. The molecule has 0 aliphatic carbocycles. The summed E-state index contributed by atoms with van der Waals surface area (Å²) in [5.41, 5.74) is -0.377. The highest BCUT2D eigenvalue weighted by Gasteiger charge is 2.25. The molecule has 1 aliphatic rings. The van der Waals surface area contributed by atoms with Gasteiger partial charge in [0.2, 0.25) is 5.91 Å². The van der Waals surface area contributed by atoms with Gasteiger partial charge in [-0.3, -0.25) is 4.79 Å². The van der Waals surface area contributed by atoms with Crippen molar-refractivity contribution in [1.82, 2.24) is 10.6 Å². The second kappa shape index (κ2) is 5.64. The SMILES string of the molecule is COC(C)(C)CC(=O)NC(C)C1CCNC1. The molecule has 16 heavy (non-hydrogen) atoms. The quantitative estimate of drug-likeness (QED) is 0.735. The Labute approximate surface area is 98.1 Å². The molecule has 1 aliphatic heterocycles. The Hall–Kier alpha value is -0.610. The topological polar surface area (TPSA) is 50.4 Å². The van der Waals surface area contributed by atoms with Crippen LogP contribution in [-0.4, -0.2) is 37.7 Å². The van der Waals surface area contributed by atoms with Gasteiger partial charge in [-0.15, -0.1) is 0 Å². The highest BCUT2D eigenvalue weighted by molar-refractivity contribution is 5.77. The first-order chi connectivity index (χ1) is 7.44. The van der Waals surface area contributed by atoms with Crippen LogP contribution in [0.2, 0.25) is 0 Å². The van der Waals surface area contributed by atoms with Crippen LogP contribution in [0, 0.1) is 5.92 Å². The number of rotatable bonds is 5. The number of nitrogens with one attached hydrogen (secondary N) is 2. The molecule has 0 aromatic heterocycles. The minimum absolute atomic E-state index is 0.0752. The zero-order valence-corrected chi connectivity index (χ0v) is 10.8. The molecule has 0 aromatic carbocycles. The van der Waals surface area contributed by atoms with E-state index in [0.717, 1.165) is 19.5 Å². The van der Waals surface area contributed by atoms with Crippen LogP contribution in [0.5, 0.6) is 0 Å². The molecule has 0 bridgehead atoms. The number of methoxy groups -OCH3 is 1. The van der Waals surface area contributed by atoms with Crippen LogP contribution >= 0.6 is 0 Å². The van der Waals surface area contributed by atoms with E-state index in [-0.39, 0.29) is 17.6 Å². The van der Waals surface area contributed by atoms with Gasteiger partial charge in [-0.25, -0.2) is 0 Å². The summed E-state index contributed by atoms with van der Waals surface area (Å²) >= 11 is 0. The normalized spacial score (nSPS) is 23.1. The van der Waals surface area contributed by atoms with E-state index in [2.05, 4.69) is 17.6 Å². The van der Waals surface area contributed by atoms with Gasteiger partial charge in [0.15, 0.2) is 0 Å². The molecule has 1 fully saturated rings. The summed E-state index contributed by atoms with van der Waals surface area (Å²) in [6, 6.07) is 0.246. The van der Waals surface area contributed by atoms with Crippen molar-refractivity contribution in [3.8, 4) is 0 Å². The van der Waals surface area contributed by atoms with Crippen molar-refractivity contribution in [2.75, 3.05) is 20.2 Å². The highest BCUT2D eigenvalue weighted by atomic mass is 16.5. The summed E-state index contributed by atoms with van der Waals surface area (Å²) < 4.78 is 5.24. The Morgan fingerprint density at radius 2 is 2.31 bits per heavy atom. The van der Waals surface area contributed by atoms with E-state index in [4.69, 9.17) is 4.74 Å². The van der Waals surface area contributed by atoms with E-state index in [1.807, 2.05) is 13.8 Å². The molecule has 4 heteroatoms. The summed E-state index contributed by atoms with van der Waals surface area (Å²) in [5.74, 6) is 0.640. The van der Waals surface area contributed by atoms with Crippen molar-refractivity contribution in [2.45, 2.75) is 45.3 Å². The van der Waals surface area contributed by atoms with Crippen LogP contribution in [0.3, 0.4) is 0 Å². The smallest absolute Gasteiger partial charge is 0.223 e. The molecule has 1 heterocycles. The van der Waals surface area contributed by atoms with Gasteiger partial charge in [0.25, 0.3) is 0 Å². The predicted octanol–water partition coefficient (Wildman–Crippen LogP) is 0.916. The molecule has 4 nitrogen and oxygen atoms in total. The van der Waals surface area contributed by atoms with Crippen LogP contribution < -0.4 is 10.6 Å². The Morgan fingerprint density at radius 3 is 2.81 bits per heavy atom. The minimum Gasteiger partial charge on any atom is -0.378 e. The van der Waals surface area contributed by atoms with Gasteiger partial charge in [0.05, 0.1) is 12.0 Å². The van der Waals surface area contributed by atoms with Crippen molar-refractivity contribution >= 4 is 5.91 Å². The molecular weight excluding hydrogens is 204 g/mol. The molecule has 2 N–H and O–H groups in total. The van der Waals surface area contributed by atoms with Gasteiger partial charge in [-0.1, -0.05) is 0 Å². The van der Waals surface area contributed by atoms with E-state index in [9.17, 15) is 4.79 Å². The lowest BCUT2D eigenvalue weighted by Gasteiger charge is -2.25. The average Bonchev–Trinajstić information content (AvgIpc) is 2.69. The maximum Gasteiger partial charge on any atom is 0.223 e. The molecule has 1 amide bonds. The first kappa shape index (κ1) is 13.5. The lowest BCUT2D eigenvalue weighted by molar-refractivity contribution is -0.127. The Morgan fingerprint density at radius 1 is 1.62 bits per heavy atom. The first-order valence-electron chi connectivity index (χ1n) is 6.00. The van der Waals surface area contributed by atoms with E-state index >= 15 is 0 Å². The van der Waals surface area contributed by atoms with Crippen molar-refractivity contribution in [2.24, 2.45) is 5.92 Å². The second-order valence-corrected chi connectivity index (χ2v) is 5.25. The third-order valence-electron chi connectivity index (χ3n) is 3.33. The summed E-state index contributed by atoms with van der Waals surface area (Å²) in [5, 5.41) is 6.36. The van der Waals surface area contributed by atoms with Crippen molar-refractivity contribution in [3.63, 3.8) is 0 Å². The predicted molar refractivity (Wildman–Crippen MR) is 64.3 cm³/mol. The zero-order valence-electron chi connectivity index (χ0n) is 10.8. The standard InChI is InChI=1S/C12H24N2O2/c1-9(10-5-6-13-8-10)14-11(15)7-12(2,3)16-4/h9-10,13H,5-8H2,1-4H3,(H,14,15). The van der Waals surface area contributed by atoms with Gasteiger partial charge in [0, 0.05) is 13.2 Å². The number of amides is 1. The van der Waals surface area contributed by atoms with Crippen LogP contribution in [0.4, 0.5) is 0 Å². The second-order valence-electron chi connectivity index (χ2n) is 5.25. The molecule has 2 unspecified atom stereocenters. The van der Waals surface area contributed by atoms with Crippen LogP contribution in [0.25, 0.3) is 0 Å². The van der Waals surface area contributed by atoms with Crippen molar-refractivity contribution in [3.05, 3.63) is 0 Å². The Balaban J connectivity index is 2.33. The Kier molecular flexibility index (Phi) is 4.74. The molecule has 2 atom stereocenters. The summed E-state index contributed by atoms with van der Waals surface area (Å²) in [7, 11) is 1.64. The van der Waals surface area contributed by atoms with Crippen molar-refractivity contribution < 1.29 is 9.53 Å². The van der Waals surface area contributed by atoms with Crippen LogP contribution in [0.1, 0.15) is 33.6 Å². The fourth-order valence-electron chi connectivity index (χ4n) is 1.99. The number of hydrogen-bond donors (Lipinski definition) is 2. The molecular formula is C12H24N2O2. The summed E-state index contributed by atoms with van der Waals surface area (Å²) in [6.07, 6.45) is 1.56. The maximum atomic E-state index is 11.8. The monoisotopic (exact) mass is 228 g/mol. The lowest BCUT2D eigenvalue weighted by Crippen LogP contribution is -2.42. The summed E-state index contributed by atoms with van der Waals surface area (Å²) in [6.45, 7) is 8.00. The first-order valence-corrected chi connectivity index (χ1v) is 6.00. The van der Waals surface area contributed by atoms with E-state index in [0.29, 0.717) is 12.3 Å². The molecule has 1 rings (SSSR count). The molecule has 0 spiro atoms. The number of carbonyl (C=O) groups is 1. The molecule has 0 radical (unpaired) electrons. The number of carbonyl (C=O) groups excluding carboxylic acids is 1. The van der Waals surface area contributed by atoms with E-state index in [1.54, 1.807) is 7.11 Å². The summed E-state index contributed by atoms with van der Waals surface area (Å²) in [4.78, 5) is 11.8. The largest absolute Gasteiger partial charge is 0.378 e. The van der Waals surface area contributed by atoms with Gasteiger partial charge < -0.3 is 15.4 Å². The van der Waals surface area contributed by atoms with Gasteiger partial charge in [-0.05, 0) is 46.2 Å². The van der Waals surface area contributed by atoms with E-state index < -0.39 is 0 Å². The van der Waals surface area contributed by atoms with E-state index in [1.165, 1.54) is 0 Å². The zero-order chi connectivity index (χ0) is 12.2. The average molecular weight is 228 g/mol.